The fraction of sp³-hybridized carbons (Fsp3) is 0.286. The first-order valence-corrected chi connectivity index (χ1v) is 5.83. The normalized spacial score (nSPS) is 10.6. The Labute approximate surface area is 97.2 Å². The summed E-state index contributed by atoms with van der Waals surface area (Å²) < 4.78 is 35.1. The van der Waals surface area contributed by atoms with E-state index in [0.717, 1.165) is 18.4 Å². The minimum absolute atomic E-state index is 0. The molecule has 1 N–H and O–H groups in total. The standard InChI is InChI=1S/C7H8O5S2.ClH/c1-4-6(14(9,10)11)5(3-13-4)7(8)12-2;/h3H,1-2H3,(H,9,10,11);1H. The maximum absolute atomic E-state index is 11.1. The summed E-state index contributed by atoms with van der Waals surface area (Å²) in [5.41, 5.74) is -0.127. The minimum Gasteiger partial charge on any atom is -0.465 e. The Balaban J connectivity index is 0.00000196. The molecule has 0 radical (unpaired) electrons. The van der Waals surface area contributed by atoms with E-state index in [1.807, 2.05) is 0 Å². The van der Waals surface area contributed by atoms with Crippen LogP contribution >= 0.6 is 23.7 Å². The van der Waals surface area contributed by atoms with Crippen LogP contribution in [0.1, 0.15) is 15.2 Å². The van der Waals surface area contributed by atoms with Gasteiger partial charge in [-0.15, -0.1) is 23.7 Å². The van der Waals surface area contributed by atoms with E-state index < -0.39 is 16.1 Å². The van der Waals surface area contributed by atoms with Crippen molar-refractivity contribution in [2.75, 3.05) is 7.11 Å². The molecule has 0 saturated heterocycles. The molecule has 1 rings (SSSR count). The van der Waals surface area contributed by atoms with Gasteiger partial charge in [-0.05, 0) is 6.92 Å². The summed E-state index contributed by atoms with van der Waals surface area (Å²) in [6.45, 7) is 1.50. The van der Waals surface area contributed by atoms with Gasteiger partial charge in [-0.2, -0.15) is 8.42 Å². The van der Waals surface area contributed by atoms with Gasteiger partial charge in [0.05, 0.1) is 12.7 Å². The molecule has 8 heteroatoms. The lowest BCUT2D eigenvalue weighted by Gasteiger charge is -1.99. The molecule has 0 aliphatic carbocycles. The summed E-state index contributed by atoms with van der Waals surface area (Å²) in [6.07, 6.45) is 0. The van der Waals surface area contributed by atoms with Crippen LogP contribution in [0.15, 0.2) is 10.3 Å². The highest BCUT2D eigenvalue weighted by Crippen LogP contribution is 2.26. The van der Waals surface area contributed by atoms with Gasteiger partial charge in [-0.25, -0.2) is 4.79 Å². The van der Waals surface area contributed by atoms with Crippen molar-refractivity contribution in [2.24, 2.45) is 0 Å². The molecular formula is C7H9ClO5S2. The molecule has 1 heterocycles. The van der Waals surface area contributed by atoms with E-state index in [1.165, 1.54) is 12.3 Å². The topological polar surface area (TPSA) is 80.7 Å². The lowest BCUT2D eigenvalue weighted by molar-refractivity contribution is 0.0596. The van der Waals surface area contributed by atoms with Gasteiger partial charge in [0.2, 0.25) is 0 Å². The zero-order valence-electron chi connectivity index (χ0n) is 7.88. The number of rotatable bonds is 2. The van der Waals surface area contributed by atoms with Crippen LogP contribution in [0, 0.1) is 6.92 Å². The number of carbonyl (C=O) groups excluding carboxylic acids is 1. The molecule has 15 heavy (non-hydrogen) atoms. The molecule has 0 fully saturated rings. The molecule has 0 aromatic carbocycles. The SMILES string of the molecule is COC(=O)c1csc(C)c1S(=O)(=O)O.Cl. The van der Waals surface area contributed by atoms with Crippen molar-refractivity contribution in [3.8, 4) is 0 Å². The second-order valence-electron chi connectivity index (χ2n) is 2.50. The molecule has 1 aromatic rings. The molecule has 0 saturated carbocycles. The van der Waals surface area contributed by atoms with E-state index in [0.29, 0.717) is 4.88 Å². The van der Waals surface area contributed by atoms with Crippen LogP contribution in [0.25, 0.3) is 0 Å². The monoisotopic (exact) mass is 272 g/mol. The van der Waals surface area contributed by atoms with Gasteiger partial charge in [0.25, 0.3) is 10.1 Å². The molecule has 86 valence electrons. The summed E-state index contributed by atoms with van der Waals surface area (Å²) >= 11 is 1.06. The number of aryl methyl sites for hydroxylation is 1. The van der Waals surface area contributed by atoms with Crippen LogP contribution in [-0.4, -0.2) is 26.0 Å². The van der Waals surface area contributed by atoms with E-state index >= 15 is 0 Å². The highest BCUT2D eigenvalue weighted by Gasteiger charge is 2.25. The van der Waals surface area contributed by atoms with E-state index in [4.69, 9.17) is 4.55 Å². The van der Waals surface area contributed by atoms with Crippen LogP contribution in [-0.2, 0) is 14.9 Å². The van der Waals surface area contributed by atoms with Gasteiger partial charge in [-0.1, -0.05) is 0 Å². The van der Waals surface area contributed by atoms with Gasteiger partial charge in [0.1, 0.15) is 4.90 Å². The number of methoxy groups -OCH3 is 1. The third-order valence-corrected chi connectivity index (χ3v) is 3.66. The molecule has 0 aliphatic rings. The summed E-state index contributed by atoms with van der Waals surface area (Å²) in [6, 6.07) is 0. The predicted octanol–water partition coefficient (Wildman–Crippen LogP) is 1.51. The Kier molecular flexibility index (Phi) is 4.72. The Morgan fingerprint density at radius 1 is 1.53 bits per heavy atom. The number of hydrogen-bond acceptors (Lipinski definition) is 5. The molecule has 0 spiro atoms. The van der Waals surface area contributed by atoms with Crippen molar-refractivity contribution < 1.29 is 22.5 Å². The Bertz CT molecular complexity index is 462. The Hall–Kier alpha value is -0.630. The first-order chi connectivity index (χ1) is 6.38. The molecule has 0 bridgehead atoms. The van der Waals surface area contributed by atoms with Crippen LogP contribution in [0.4, 0.5) is 0 Å². The zero-order chi connectivity index (χ0) is 10.9. The van der Waals surface area contributed by atoms with Crippen LogP contribution in [0.3, 0.4) is 0 Å². The number of halogens is 1. The summed E-state index contributed by atoms with van der Waals surface area (Å²) in [5, 5.41) is 1.34. The molecule has 0 amide bonds. The van der Waals surface area contributed by atoms with Gasteiger partial charge in [0.15, 0.2) is 0 Å². The van der Waals surface area contributed by atoms with Gasteiger partial charge >= 0.3 is 5.97 Å². The van der Waals surface area contributed by atoms with Crippen molar-refractivity contribution in [1.29, 1.82) is 0 Å². The quantitative estimate of drug-likeness (QED) is 0.652. The van der Waals surface area contributed by atoms with Crippen LogP contribution in [0.5, 0.6) is 0 Å². The fourth-order valence-corrected chi connectivity index (χ4v) is 3.06. The van der Waals surface area contributed by atoms with E-state index in [2.05, 4.69) is 4.74 Å². The molecule has 0 unspecified atom stereocenters. The largest absolute Gasteiger partial charge is 0.465 e. The third kappa shape index (κ3) is 2.91. The second-order valence-corrected chi connectivity index (χ2v) is 4.94. The van der Waals surface area contributed by atoms with Gasteiger partial charge in [-0.3, -0.25) is 4.55 Å². The average molecular weight is 273 g/mol. The van der Waals surface area contributed by atoms with Crippen molar-refractivity contribution in [3.05, 3.63) is 15.8 Å². The third-order valence-electron chi connectivity index (χ3n) is 1.58. The number of ether oxygens (including phenoxy) is 1. The summed E-state index contributed by atoms with van der Waals surface area (Å²) in [4.78, 5) is 11.1. The van der Waals surface area contributed by atoms with E-state index in [9.17, 15) is 13.2 Å². The maximum Gasteiger partial charge on any atom is 0.340 e. The van der Waals surface area contributed by atoms with Gasteiger partial charge < -0.3 is 4.74 Å². The average Bonchev–Trinajstić information content (AvgIpc) is 2.44. The first-order valence-electron chi connectivity index (χ1n) is 3.52. The second kappa shape index (κ2) is 4.93. The van der Waals surface area contributed by atoms with E-state index in [1.54, 1.807) is 0 Å². The number of carbonyl (C=O) groups is 1. The number of hydrogen-bond donors (Lipinski definition) is 1. The Morgan fingerprint density at radius 3 is 2.47 bits per heavy atom. The lowest BCUT2D eigenvalue weighted by atomic mass is 10.3. The predicted molar refractivity (Wildman–Crippen MR) is 57.5 cm³/mol. The Morgan fingerprint density at radius 2 is 2.07 bits per heavy atom. The van der Waals surface area contributed by atoms with Crippen molar-refractivity contribution in [3.63, 3.8) is 0 Å². The highest BCUT2D eigenvalue weighted by atomic mass is 35.5. The fourth-order valence-electron chi connectivity index (χ4n) is 1.02. The number of esters is 1. The minimum atomic E-state index is -4.37. The molecular weight excluding hydrogens is 264 g/mol. The lowest BCUT2D eigenvalue weighted by Crippen LogP contribution is -2.08. The zero-order valence-corrected chi connectivity index (χ0v) is 10.3. The summed E-state index contributed by atoms with van der Waals surface area (Å²) in [7, 11) is -3.22. The van der Waals surface area contributed by atoms with Crippen molar-refractivity contribution in [2.45, 2.75) is 11.8 Å². The number of thiophene rings is 1. The van der Waals surface area contributed by atoms with E-state index in [-0.39, 0.29) is 22.9 Å². The maximum atomic E-state index is 11.1. The smallest absolute Gasteiger partial charge is 0.340 e. The summed E-state index contributed by atoms with van der Waals surface area (Å²) in [5.74, 6) is -0.776. The first kappa shape index (κ1) is 14.4. The molecule has 1 aromatic heterocycles. The molecule has 0 aliphatic heterocycles. The van der Waals surface area contributed by atoms with Crippen molar-refractivity contribution >= 4 is 39.8 Å². The molecule has 0 atom stereocenters. The highest BCUT2D eigenvalue weighted by molar-refractivity contribution is 7.86. The van der Waals surface area contributed by atoms with Crippen molar-refractivity contribution in [1.82, 2.24) is 0 Å². The van der Waals surface area contributed by atoms with Gasteiger partial charge in [0, 0.05) is 10.3 Å². The van der Waals surface area contributed by atoms with Crippen LogP contribution < -0.4 is 0 Å². The molecule has 5 nitrogen and oxygen atoms in total. The van der Waals surface area contributed by atoms with Crippen LogP contribution in [0.2, 0.25) is 0 Å².